The summed E-state index contributed by atoms with van der Waals surface area (Å²) in [6.07, 6.45) is 6.55. The van der Waals surface area contributed by atoms with Gasteiger partial charge in [-0.25, -0.2) is 9.07 Å². The number of aromatic nitrogens is 2. The lowest BCUT2D eigenvalue weighted by molar-refractivity contribution is -0.116. The minimum atomic E-state index is -0.359. The van der Waals surface area contributed by atoms with Crippen molar-refractivity contribution in [1.29, 1.82) is 0 Å². The van der Waals surface area contributed by atoms with E-state index >= 15 is 0 Å². The summed E-state index contributed by atoms with van der Waals surface area (Å²) < 4.78 is 20.6. The number of anilines is 1. The van der Waals surface area contributed by atoms with E-state index in [0.29, 0.717) is 17.8 Å². The number of rotatable bonds is 5. The van der Waals surface area contributed by atoms with Crippen LogP contribution in [-0.2, 0) is 9.53 Å². The minimum absolute atomic E-state index is 0.0800. The van der Waals surface area contributed by atoms with Crippen LogP contribution in [0.25, 0.3) is 5.69 Å². The third-order valence-electron chi connectivity index (χ3n) is 3.68. The summed E-state index contributed by atoms with van der Waals surface area (Å²) in [6.45, 7) is 0.793. The van der Waals surface area contributed by atoms with Crippen LogP contribution >= 0.6 is 0 Å². The molecule has 1 fully saturated rings. The average Bonchev–Trinajstić information content (AvgIpc) is 3.17. The number of amides is 1. The molecule has 0 unspecified atom stereocenters. The van der Waals surface area contributed by atoms with E-state index in [2.05, 4.69) is 10.4 Å². The van der Waals surface area contributed by atoms with Crippen molar-refractivity contribution in [2.75, 3.05) is 11.9 Å². The maximum atomic E-state index is 13.7. The molecule has 2 heterocycles. The molecule has 1 saturated heterocycles. The van der Waals surface area contributed by atoms with Crippen molar-refractivity contribution in [3.63, 3.8) is 0 Å². The van der Waals surface area contributed by atoms with Gasteiger partial charge in [0, 0.05) is 13.0 Å². The highest BCUT2D eigenvalue weighted by Crippen LogP contribution is 2.18. The molecule has 5 nitrogen and oxygen atoms in total. The molecule has 0 saturated carbocycles. The Kier molecular flexibility index (Phi) is 4.48. The zero-order chi connectivity index (χ0) is 15.4. The van der Waals surface area contributed by atoms with E-state index in [1.54, 1.807) is 24.4 Å². The van der Waals surface area contributed by atoms with Crippen molar-refractivity contribution in [2.24, 2.45) is 0 Å². The van der Waals surface area contributed by atoms with Crippen molar-refractivity contribution < 1.29 is 13.9 Å². The smallest absolute Gasteiger partial charge is 0.224 e. The molecule has 1 aromatic heterocycles. The molecule has 0 radical (unpaired) electrons. The molecule has 22 heavy (non-hydrogen) atoms. The van der Waals surface area contributed by atoms with Gasteiger partial charge >= 0.3 is 0 Å². The van der Waals surface area contributed by atoms with Gasteiger partial charge in [-0.05, 0) is 31.4 Å². The largest absolute Gasteiger partial charge is 0.378 e. The molecule has 0 spiro atoms. The second-order valence-electron chi connectivity index (χ2n) is 5.35. The molecule has 0 bridgehead atoms. The lowest BCUT2D eigenvalue weighted by Crippen LogP contribution is -2.14. The van der Waals surface area contributed by atoms with E-state index in [4.69, 9.17) is 4.74 Å². The van der Waals surface area contributed by atoms with Crippen molar-refractivity contribution >= 4 is 11.6 Å². The van der Waals surface area contributed by atoms with Gasteiger partial charge in [-0.2, -0.15) is 5.10 Å². The minimum Gasteiger partial charge on any atom is -0.378 e. The van der Waals surface area contributed by atoms with Crippen LogP contribution in [0.4, 0.5) is 10.1 Å². The number of nitrogens with one attached hydrogen (secondary N) is 1. The Morgan fingerprint density at radius 2 is 2.32 bits per heavy atom. The lowest BCUT2D eigenvalue weighted by Gasteiger charge is -2.08. The first-order valence-corrected chi connectivity index (χ1v) is 7.43. The van der Waals surface area contributed by atoms with Crippen molar-refractivity contribution in [2.45, 2.75) is 31.8 Å². The zero-order valence-electron chi connectivity index (χ0n) is 12.2. The number of ether oxygens (including phenoxy) is 1. The van der Waals surface area contributed by atoms with E-state index in [1.807, 2.05) is 0 Å². The van der Waals surface area contributed by atoms with Gasteiger partial charge in [0.15, 0.2) is 0 Å². The molecule has 3 rings (SSSR count). The van der Waals surface area contributed by atoms with Gasteiger partial charge in [0.25, 0.3) is 0 Å². The maximum Gasteiger partial charge on any atom is 0.224 e. The topological polar surface area (TPSA) is 56.1 Å². The van der Waals surface area contributed by atoms with Crippen LogP contribution in [0.3, 0.4) is 0 Å². The third-order valence-corrected chi connectivity index (χ3v) is 3.68. The fourth-order valence-corrected chi connectivity index (χ4v) is 2.54. The summed E-state index contributed by atoms with van der Waals surface area (Å²) in [6, 6.07) is 6.36. The van der Waals surface area contributed by atoms with E-state index in [-0.39, 0.29) is 17.8 Å². The first kappa shape index (κ1) is 14.7. The number of benzene rings is 1. The number of halogens is 1. The van der Waals surface area contributed by atoms with Gasteiger partial charge in [0.1, 0.15) is 11.5 Å². The first-order valence-electron chi connectivity index (χ1n) is 7.43. The highest BCUT2D eigenvalue weighted by Gasteiger charge is 2.17. The van der Waals surface area contributed by atoms with Crippen LogP contribution in [-0.4, -0.2) is 28.4 Å². The molecule has 1 atom stereocenters. The molecule has 1 aromatic carbocycles. The zero-order valence-corrected chi connectivity index (χ0v) is 12.2. The van der Waals surface area contributed by atoms with Crippen molar-refractivity contribution in [1.82, 2.24) is 9.78 Å². The van der Waals surface area contributed by atoms with Crippen molar-refractivity contribution in [3.05, 3.63) is 42.5 Å². The summed E-state index contributed by atoms with van der Waals surface area (Å²) in [5.74, 6) is -0.439. The molecular weight excluding hydrogens is 285 g/mol. The summed E-state index contributed by atoms with van der Waals surface area (Å²) >= 11 is 0. The molecule has 1 amide bonds. The number of para-hydroxylation sites is 1. The molecule has 6 heteroatoms. The fraction of sp³-hybridized carbons (Fsp3) is 0.375. The van der Waals surface area contributed by atoms with Crippen LogP contribution in [0.15, 0.2) is 36.7 Å². The molecule has 116 valence electrons. The Hall–Kier alpha value is -2.21. The monoisotopic (exact) mass is 303 g/mol. The number of nitrogens with zero attached hydrogens (tertiary/aromatic N) is 2. The normalized spacial score (nSPS) is 17.6. The molecule has 1 N–H and O–H groups in total. The fourth-order valence-electron chi connectivity index (χ4n) is 2.54. The lowest BCUT2D eigenvalue weighted by atomic mass is 10.1. The Morgan fingerprint density at radius 3 is 3.09 bits per heavy atom. The van der Waals surface area contributed by atoms with Crippen molar-refractivity contribution in [3.8, 4) is 5.69 Å². The summed E-state index contributed by atoms with van der Waals surface area (Å²) in [5, 5.41) is 6.85. The van der Waals surface area contributed by atoms with Crippen LogP contribution in [0.2, 0.25) is 0 Å². The van der Waals surface area contributed by atoms with Crippen LogP contribution < -0.4 is 5.32 Å². The second-order valence-corrected chi connectivity index (χ2v) is 5.35. The maximum absolute atomic E-state index is 13.7. The predicted molar refractivity (Wildman–Crippen MR) is 80.4 cm³/mol. The summed E-state index contributed by atoms with van der Waals surface area (Å²) in [7, 11) is 0. The van der Waals surface area contributed by atoms with Gasteiger partial charge in [-0.1, -0.05) is 12.1 Å². The summed E-state index contributed by atoms with van der Waals surface area (Å²) in [5.41, 5.74) is 0.906. The van der Waals surface area contributed by atoms with Crippen LogP contribution in [0, 0.1) is 5.82 Å². The number of carbonyl (C=O) groups is 1. The molecule has 0 aliphatic carbocycles. The van der Waals surface area contributed by atoms with Gasteiger partial charge in [-0.3, -0.25) is 4.79 Å². The quantitative estimate of drug-likeness (QED) is 0.924. The first-order chi connectivity index (χ1) is 10.7. The molecular formula is C16H18FN3O2. The van der Waals surface area contributed by atoms with E-state index in [0.717, 1.165) is 25.9 Å². The molecule has 2 aromatic rings. The van der Waals surface area contributed by atoms with Gasteiger partial charge in [-0.15, -0.1) is 0 Å². The average molecular weight is 303 g/mol. The summed E-state index contributed by atoms with van der Waals surface area (Å²) in [4.78, 5) is 11.9. The van der Waals surface area contributed by atoms with Gasteiger partial charge < -0.3 is 10.1 Å². The van der Waals surface area contributed by atoms with E-state index in [9.17, 15) is 9.18 Å². The highest BCUT2D eigenvalue weighted by molar-refractivity contribution is 5.90. The Balaban J connectivity index is 1.57. The number of hydrogen-bond donors (Lipinski definition) is 1. The third kappa shape index (κ3) is 3.51. The Bertz CT molecular complexity index is 650. The second kappa shape index (κ2) is 6.70. The van der Waals surface area contributed by atoms with Crippen LogP contribution in [0.5, 0.6) is 0 Å². The molecule has 1 aliphatic heterocycles. The standard InChI is InChI=1S/C16H18FN3O2/c17-14-5-1-2-6-15(14)20-11-12(10-18-20)19-16(21)8-7-13-4-3-9-22-13/h1-2,5-6,10-11,13H,3-4,7-9H2,(H,19,21)/t13-/m0/s1. The van der Waals surface area contributed by atoms with Gasteiger partial charge in [0.05, 0.1) is 24.2 Å². The number of carbonyl (C=O) groups excluding carboxylic acids is 1. The highest BCUT2D eigenvalue weighted by atomic mass is 19.1. The van der Waals surface area contributed by atoms with E-state index < -0.39 is 0 Å². The predicted octanol–water partition coefficient (Wildman–Crippen LogP) is 2.91. The van der Waals surface area contributed by atoms with Crippen LogP contribution in [0.1, 0.15) is 25.7 Å². The molecule has 1 aliphatic rings. The van der Waals surface area contributed by atoms with E-state index in [1.165, 1.54) is 16.9 Å². The Morgan fingerprint density at radius 1 is 1.45 bits per heavy atom. The Labute approximate surface area is 128 Å². The number of hydrogen-bond acceptors (Lipinski definition) is 3. The van der Waals surface area contributed by atoms with Gasteiger partial charge in [0.2, 0.25) is 5.91 Å². The SMILES string of the molecule is O=C(CC[C@@H]1CCCO1)Nc1cnn(-c2ccccc2F)c1.